The van der Waals surface area contributed by atoms with Crippen LogP contribution in [0.25, 0.3) is 44.7 Å². The van der Waals surface area contributed by atoms with E-state index in [0.717, 1.165) is 22.6 Å². The third-order valence-electron chi connectivity index (χ3n) is 23.4. The Bertz CT molecular complexity index is 6970. The zero-order chi connectivity index (χ0) is 94.8. The number of nitrogen functional groups attached to an aromatic ring is 5. The Morgan fingerprint density at radius 2 is 0.858 bits per heavy atom. The zero-order valence-corrected chi connectivity index (χ0v) is 79.2. The van der Waals surface area contributed by atoms with Crippen molar-refractivity contribution in [1.29, 1.82) is 0 Å². The number of nitrogens with two attached hydrogens (primary N) is 5. The van der Waals surface area contributed by atoms with E-state index in [9.17, 15) is 53.5 Å². The molecule has 0 aromatic carbocycles. The van der Waals surface area contributed by atoms with E-state index in [1.807, 2.05) is 0 Å². The van der Waals surface area contributed by atoms with Crippen molar-refractivity contribution in [3.63, 3.8) is 0 Å². The maximum Gasteiger partial charge on any atom is 0.386 e. The average Bonchev–Trinajstić information content (AvgIpc) is 1.56. The molecule has 9 fully saturated rings. The van der Waals surface area contributed by atoms with Crippen LogP contribution in [-0.4, -0.2) is 283 Å². The first-order valence-corrected chi connectivity index (χ1v) is 55.4. The number of aromatic nitrogens is 20. The number of anilines is 5. The van der Waals surface area contributed by atoms with Gasteiger partial charge in [-0.3, -0.25) is 74.8 Å². The second-order valence-electron chi connectivity index (χ2n) is 31.9. The highest BCUT2D eigenvalue weighted by Crippen LogP contribution is 2.65. The van der Waals surface area contributed by atoms with Gasteiger partial charge < -0.3 is 137 Å². The topological polar surface area (TPSA) is 766 Å². The van der Waals surface area contributed by atoms with Gasteiger partial charge in [0.2, 0.25) is 11.9 Å². The van der Waals surface area contributed by atoms with Crippen LogP contribution in [-0.2, 0) is 161 Å². The van der Waals surface area contributed by atoms with Gasteiger partial charge in [-0.1, -0.05) is 12.2 Å². The fraction of sp³-hybridized carbons (Fsp3) is 0.562. The molecule has 58 nitrogen and oxygen atoms in total. The largest absolute Gasteiger partial charge is 0.393 e. The number of aryl methyl sites for hydroxylation is 2. The van der Waals surface area contributed by atoms with Gasteiger partial charge in [0.25, 0.3) is 16.7 Å². The summed E-state index contributed by atoms with van der Waals surface area (Å²) in [5.41, 5.74) is 21.4. The molecule has 0 saturated carbocycles. The molecule has 724 valence electrons. The fourth-order valence-corrected chi connectivity index (χ4v) is 25.4. The highest BCUT2D eigenvalue weighted by molar-refractivity contribution is 8.44. The summed E-state index contributed by atoms with van der Waals surface area (Å²) in [7, 11) is 1.11. The number of rotatable bonds is 35. The van der Waals surface area contributed by atoms with Crippen molar-refractivity contribution in [1.82, 2.24) is 97.2 Å². The van der Waals surface area contributed by atoms with Gasteiger partial charge in [0.1, 0.15) is 120 Å². The molecule has 10 aromatic rings. The summed E-state index contributed by atoms with van der Waals surface area (Å²) < 4.78 is 154. The Balaban J connectivity index is 0.573. The molecule has 10 aromatic heterocycles. The van der Waals surface area contributed by atoms with Crippen molar-refractivity contribution in [3.8, 4) is 0 Å². The predicted molar refractivity (Wildman–Crippen MR) is 474 cm³/mol. The first kappa shape index (κ1) is 96.0. The summed E-state index contributed by atoms with van der Waals surface area (Å²) >= 11 is 32.5. The minimum absolute atomic E-state index is 0.0140. The summed E-state index contributed by atoms with van der Waals surface area (Å²) in [6.45, 7) is -30.5. The molecule has 12 unspecified atom stereocenters. The summed E-state index contributed by atoms with van der Waals surface area (Å²) in [6, 6.07) is 0. The lowest BCUT2D eigenvalue weighted by molar-refractivity contribution is -0.188. The molecule has 19 rings (SSSR count). The Hall–Kier alpha value is -6.89. The molecule has 6 bridgehead atoms. The smallest absolute Gasteiger partial charge is 0.386 e. The molecule has 19 heterocycles. The third-order valence-corrected chi connectivity index (χ3v) is 32.9. The van der Waals surface area contributed by atoms with E-state index in [1.54, 1.807) is 6.92 Å². The standard InChI is InChI=1S/C64H79N25O33P6S6/c1-24-7-85(60(94)78-45(24)65)55-39-42(62(12-90,114-55)13-103-39)120-127(100,133)109-17-64-15-105-41(57(116-64)89-23-77-38-51(89)80-59(69)82-54(38)93)44(64)122-128(101,134)110-16-63-14-104-40(56(115-63)88-22-75-36-47(67)71-19-73-49(36)88)43(63)121-126(99,132)108-11-31-28(6-34(113-31)87-21-76-37-50(87)79-58(68)81-53(37)92)119-125(98,131)107-10-30-27(5-33(112-30)86-20-74-35-46(66)70-18-72-48(35)86)118-124(97,130)106-9-29-26(117-123(96,129)102-3)4-32(111-29)84-8-25(2)52(91)83-61(84)95/h7-8,18-23,26-34,39-44,55-57,90H,4-6,9-17H2,1-3H3,(H,96,129)(H,97,130)(H,98,131)(H,99,132)(H,100,133)(H,101,134)(H2,65,78,94)(H2,66,70,72)(H2,67,71,73)(H,83,91,95)(H3,68,79,81,92)(H3,69,80,82,93)/t26?,27?,28?,29-,30-,31-,32-,33-,34-,39+,40+,41+,42?,43?,44?,55-,56-,57-,62+,63-,64-,123?,124?,125?,126?,127?,128?/m1/s1. The van der Waals surface area contributed by atoms with Gasteiger partial charge in [0.15, 0.2) is 63.9 Å². The number of nitrogens with one attached hydrogen (secondary N) is 3. The van der Waals surface area contributed by atoms with E-state index in [4.69, 9.17) is 185 Å². The van der Waals surface area contributed by atoms with E-state index in [2.05, 4.69) is 82.0 Å². The summed E-state index contributed by atoms with van der Waals surface area (Å²) in [5, 5.41) is 10.8. The Kier molecular flexibility index (Phi) is 25.8. The van der Waals surface area contributed by atoms with E-state index in [0.29, 0.717) is 5.56 Å². The summed E-state index contributed by atoms with van der Waals surface area (Å²) in [5.74, 6) is -0.712. The number of fused-ring (bicyclic) bond motifs is 10. The van der Waals surface area contributed by atoms with Crippen LogP contribution in [0.3, 0.4) is 0 Å². The first-order valence-electron chi connectivity index (χ1n) is 39.7. The van der Waals surface area contributed by atoms with Crippen molar-refractivity contribution < 1.29 is 131 Å². The normalized spacial score (nSPS) is 32.7. The number of aliphatic hydroxyl groups is 1. The van der Waals surface area contributed by atoms with Crippen LogP contribution >= 0.6 is 52.6 Å². The lowest BCUT2D eigenvalue weighted by Crippen LogP contribution is -2.47. The van der Waals surface area contributed by atoms with Gasteiger partial charge in [-0.05, 0) is 72.9 Å². The molecule has 27 atom stereocenters. The van der Waals surface area contributed by atoms with Crippen molar-refractivity contribution in [3.05, 3.63) is 114 Å². The Labute approximate surface area is 778 Å². The number of hydrogen-bond donors (Lipinski definition) is 15. The summed E-state index contributed by atoms with van der Waals surface area (Å²) in [6.07, 6.45) is -14.9. The number of aliphatic hydroxyl groups excluding tert-OH is 1. The van der Waals surface area contributed by atoms with Crippen molar-refractivity contribution in [2.24, 2.45) is 0 Å². The molecule has 134 heavy (non-hydrogen) atoms. The monoisotopic (exact) mass is 2100 g/mol. The molecule has 9 aliphatic rings. The van der Waals surface area contributed by atoms with E-state index in [1.165, 1.54) is 69.2 Å². The second kappa shape index (κ2) is 36.0. The highest BCUT2D eigenvalue weighted by atomic mass is 32.7. The molecule has 0 spiro atoms. The van der Waals surface area contributed by atoms with Gasteiger partial charge in [-0.25, -0.2) is 54.0 Å². The predicted octanol–water partition coefficient (Wildman–Crippen LogP) is -1.72. The van der Waals surface area contributed by atoms with Crippen LogP contribution in [0.1, 0.15) is 67.8 Å². The van der Waals surface area contributed by atoms with Crippen molar-refractivity contribution >= 4 is 186 Å². The van der Waals surface area contributed by atoms with Crippen LogP contribution in [0, 0.1) is 13.8 Å². The Morgan fingerprint density at radius 3 is 1.37 bits per heavy atom. The third kappa shape index (κ3) is 18.3. The number of imidazole rings is 4. The fourth-order valence-electron chi connectivity index (χ4n) is 17.0. The molecule has 19 N–H and O–H groups in total. The highest BCUT2D eigenvalue weighted by Gasteiger charge is 2.69. The molecule has 9 aliphatic heterocycles. The quantitative estimate of drug-likeness (QED) is 0.0155. The molecule has 0 amide bonds. The molecular formula is C64H79N25O33P6S6. The number of ether oxygens (including phenoxy) is 9. The molecular weight excluding hydrogens is 2030 g/mol. The van der Waals surface area contributed by atoms with Gasteiger partial charge in [0, 0.05) is 49.9 Å². The number of thiol groups is 1. The number of nitrogens with zero attached hydrogens (tertiary/aromatic N) is 17. The van der Waals surface area contributed by atoms with Crippen LogP contribution in [0.15, 0.2) is 74.3 Å². The van der Waals surface area contributed by atoms with Crippen molar-refractivity contribution in [2.45, 2.75) is 161 Å². The van der Waals surface area contributed by atoms with Crippen LogP contribution in [0.5, 0.6) is 0 Å². The van der Waals surface area contributed by atoms with Crippen molar-refractivity contribution in [2.75, 3.05) is 95.2 Å². The van der Waals surface area contributed by atoms with E-state index in [-0.39, 0.29) is 105 Å². The van der Waals surface area contributed by atoms with Gasteiger partial charge in [0.05, 0.1) is 103 Å². The number of H-pyrrole nitrogens is 3. The minimum atomic E-state index is -4.99. The lowest BCUT2D eigenvalue weighted by atomic mass is 10.0. The first-order chi connectivity index (χ1) is 63.4. The van der Waals surface area contributed by atoms with Gasteiger partial charge in [-0.2, -0.15) is 15.0 Å². The van der Waals surface area contributed by atoms with Gasteiger partial charge >= 0.3 is 51.8 Å². The molecule has 70 heteroatoms. The van der Waals surface area contributed by atoms with Crippen LogP contribution in [0.2, 0.25) is 0 Å². The number of aromatic amines is 3. The van der Waals surface area contributed by atoms with Crippen LogP contribution in [0.4, 0.5) is 29.4 Å². The minimum Gasteiger partial charge on any atom is -0.393 e. The molecule has 0 radical (unpaired) electrons. The van der Waals surface area contributed by atoms with E-state index < -0.39 is 249 Å². The number of hydrogen-bond acceptors (Lipinski definition) is 49. The lowest BCUT2D eigenvalue weighted by Gasteiger charge is -2.34. The maximum atomic E-state index is 15.5. The van der Waals surface area contributed by atoms with Gasteiger partial charge in [-0.15, -0.1) is 0 Å². The SMILES string of the molecule is COP(O)(=S)OC1C[C@H](n2cc(C)c(=O)[nH]c2=O)O[C@@H]1COP(O)(=S)OC1C[C@H](n2cnc3c(N)ncnc32)O[C@@H]1COP(O)(=S)OC1C[C@H](n2cnc3c(=O)[nH]c(N)nc32)O[C@@H]1COP(O)(=S)OC1[C@@H]2OC[C@]1(COP(=O)(S)OC1[C@@H]3OC[C@]1(COP(O)(=S)OC1[C@@H]4OC[C@]1(CO)O[C@H]4n1cc(C)c(N)nc1=O)O[C@H]3n1cnc3c(=O)[nH]c(N)nc31)O[C@H]2n1cnc2c(N)ncnc21. The van der Waals surface area contributed by atoms with Crippen LogP contribution < -0.4 is 56.7 Å². The van der Waals surface area contributed by atoms with E-state index >= 15 is 4.57 Å². The summed E-state index contributed by atoms with van der Waals surface area (Å²) in [4.78, 5) is 178. The molecule has 0 aliphatic carbocycles. The zero-order valence-electron chi connectivity index (χ0n) is 68.9. The Morgan fingerprint density at radius 1 is 0.463 bits per heavy atom. The second-order valence-corrected chi connectivity index (χ2v) is 48.9. The molecule has 9 saturated heterocycles. The maximum absolute atomic E-state index is 15.5. The average molecular weight is 2100 g/mol.